The monoisotopic (exact) mass is 480 g/mol. The van der Waals surface area contributed by atoms with E-state index in [1.165, 1.54) is 24.3 Å². The Balaban J connectivity index is 1.48. The molecule has 174 valence electrons. The lowest BCUT2D eigenvalue weighted by Crippen LogP contribution is -2.27. The summed E-state index contributed by atoms with van der Waals surface area (Å²) in [5.41, 5.74) is 0.873. The summed E-state index contributed by atoms with van der Waals surface area (Å²) in [6.45, 7) is 0.264. The number of carbonyl (C=O) groups is 1. The van der Waals surface area contributed by atoms with E-state index in [-0.39, 0.29) is 29.5 Å². The highest BCUT2D eigenvalue weighted by Crippen LogP contribution is 2.29. The highest BCUT2D eigenvalue weighted by Gasteiger charge is 2.29. The summed E-state index contributed by atoms with van der Waals surface area (Å²) in [6, 6.07) is 15.4. The van der Waals surface area contributed by atoms with Crippen molar-refractivity contribution in [3.05, 3.63) is 95.3 Å². The summed E-state index contributed by atoms with van der Waals surface area (Å²) in [5, 5.41) is 2.70. The number of benzene rings is 3. The first-order valence-electron chi connectivity index (χ1n) is 9.83. The molecular weight excluding hydrogens is 460 g/mol. The minimum absolute atomic E-state index is 0.0536. The van der Waals surface area contributed by atoms with E-state index < -0.39 is 27.6 Å². The van der Waals surface area contributed by atoms with Gasteiger partial charge in [-0.3, -0.25) is 9.52 Å². The standard InChI is InChI=1S/C23H20F4N2O3S/c24-19-7-11-21(12-8-19)33(31,32)29-20-9-3-17(4-10-20)15-22(30)28-14-13-16-1-5-18(6-2-16)23(25,26)27/h1-12,29H,13-15H2,(H,28,30). The van der Waals surface area contributed by atoms with Gasteiger partial charge in [-0.05, 0) is 66.1 Å². The van der Waals surface area contributed by atoms with Crippen LogP contribution in [0.5, 0.6) is 0 Å². The van der Waals surface area contributed by atoms with Gasteiger partial charge in [0.1, 0.15) is 5.82 Å². The van der Waals surface area contributed by atoms with Gasteiger partial charge in [-0.25, -0.2) is 12.8 Å². The predicted octanol–water partition coefficient (Wildman–Crippen LogP) is 4.55. The number of rotatable bonds is 8. The fraction of sp³-hybridized carbons (Fsp3) is 0.174. The zero-order chi connectivity index (χ0) is 24.1. The highest BCUT2D eigenvalue weighted by atomic mass is 32.2. The number of nitrogens with one attached hydrogen (secondary N) is 2. The van der Waals surface area contributed by atoms with E-state index in [1.54, 1.807) is 12.1 Å². The van der Waals surface area contributed by atoms with Gasteiger partial charge in [0.25, 0.3) is 10.0 Å². The third kappa shape index (κ3) is 7.04. The molecule has 0 spiro atoms. The second-order valence-corrected chi connectivity index (χ2v) is 8.91. The summed E-state index contributed by atoms with van der Waals surface area (Å²) < 4.78 is 77.7. The number of halogens is 4. The van der Waals surface area contributed by atoms with Gasteiger partial charge in [0.05, 0.1) is 16.9 Å². The highest BCUT2D eigenvalue weighted by molar-refractivity contribution is 7.92. The molecule has 5 nitrogen and oxygen atoms in total. The van der Waals surface area contributed by atoms with Crippen LogP contribution in [0.4, 0.5) is 23.2 Å². The molecular formula is C23H20F4N2O3S. The maximum Gasteiger partial charge on any atom is 0.416 e. The molecule has 0 unspecified atom stereocenters. The number of amides is 1. The van der Waals surface area contributed by atoms with Crippen LogP contribution in [0, 0.1) is 5.82 Å². The molecule has 33 heavy (non-hydrogen) atoms. The Morgan fingerprint density at radius 1 is 0.818 bits per heavy atom. The molecule has 1 amide bonds. The summed E-state index contributed by atoms with van der Waals surface area (Å²) in [7, 11) is -3.87. The van der Waals surface area contributed by atoms with Crippen molar-refractivity contribution < 1.29 is 30.8 Å². The molecule has 0 aromatic heterocycles. The Morgan fingerprint density at radius 3 is 1.97 bits per heavy atom. The third-order valence-corrected chi connectivity index (χ3v) is 6.11. The number of hydrogen-bond donors (Lipinski definition) is 2. The van der Waals surface area contributed by atoms with E-state index in [2.05, 4.69) is 10.0 Å². The molecule has 0 aliphatic carbocycles. The number of alkyl halides is 3. The van der Waals surface area contributed by atoms with Crippen LogP contribution in [0.3, 0.4) is 0 Å². The van der Waals surface area contributed by atoms with Gasteiger partial charge in [-0.1, -0.05) is 24.3 Å². The van der Waals surface area contributed by atoms with Crippen molar-refractivity contribution in [2.45, 2.75) is 23.9 Å². The first-order valence-corrected chi connectivity index (χ1v) is 11.3. The average molecular weight is 480 g/mol. The maximum absolute atomic E-state index is 13.0. The van der Waals surface area contributed by atoms with Crippen LogP contribution in [-0.4, -0.2) is 20.9 Å². The van der Waals surface area contributed by atoms with Crippen molar-refractivity contribution in [3.63, 3.8) is 0 Å². The molecule has 10 heteroatoms. The lowest BCUT2D eigenvalue weighted by molar-refractivity contribution is -0.137. The summed E-state index contributed by atoms with van der Waals surface area (Å²) in [6.07, 6.45) is -3.95. The van der Waals surface area contributed by atoms with Crippen molar-refractivity contribution in [1.82, 2.24) is 5.32 Å². The lowest BCUT2D eigenvalue weighted by atomic mass is 10.1. The normalized spacial score (nSPS) is 11.8. The van der Waals surface area contributed by atoms with Crippen molar-refractivity contribution in [2.75, 3.05) is 11.3 Å². The molecule has 0 atom stereocenters. The predicted molar refractivity (Wildman–Crippen MR) is 116 cm³/mol. The van der Waals surface area contributed by atoms with E-state index in [0.29, 0.717) is 17.5 Å². The van der Waals surface area contributed by atoms with Gasteiger partial charge < -0.3 is 5.32 Å². The molecule has 0 aliphatic heterocycles. The van der Waals surface area contributed by atoms with Gasteiger partial charge in [0.2, 0.25) is 5.91 Å². The van der Waals surface area contributed by atoms with Crippen molar-refractivity contribution in [1.29, 1.82) is 0 Å². The number of anilines is 1. The van der Waals surface area contributed by atoms with Gasteiger partial charge in [0.15, 0.2) is 0 Å². The van der Waals surface area contributed by atoms with Crippen molar-refractivity contribution in [2.24, 2.45) is 0 Å². The topological polar surface area (TPSA) is 75.3 Å². The average Bonchev–Trinajstić information content (AvgIpc) is 2.75. The summed E-state index contributed by atoms with van der Waals surface area (Å²) in [4.78, 5) is 12.0. The largest absolute Gasteiger partial charge is 0.416 e. The van der Waals surface area contributed by atoms with Gasteiger partial charge >= 0.3 is 6.18 Å². The number of sulfonamides is 1. The first kappa shape index (κ1) is 24.2. The molecule has 0 saturated carbocycles. The molecule has 0 bridgehead atoms. The smallest absolute Gasteiger partial charge is 0.355 e. The number of carbonyl (C=O) groups excluding carboxylic acids is 1. The molecule has 3 rings (SSSR count). The Kier molecular flexibility index (Phi) is 7.37. The SMILES string of the molecule is O=C(Cc1ccc(NS(=O)(=O)c2ccc(F)cc2)cc1)NCCc1ccc(C(F)(F)F)cc1. The Hall–Kier alpha value is -3.40. The van der Waals surface area contributed by atoms with Crippen LogP contribution < -0.4 is 10.0 Å². The minimum atomic E-state index is -4.39. The Bertz CT molecular complexity index is 1190. The molecule has 2 N–H and O–H groups in total. The first-order chi connectivity index (χ1) is 15.5. The second kappa shape index (κ2) is 10.0. The van der Waals surface area contributed by atoms with Crippen LogP contribution in [0.25, 0.3) is 0 Å². The zero-order valence-electron chi connectivity index (χ0n) is 17.2. The van der Waals surface area contributed by atoms with Crippen molar-refractivity contribution >= 4 is 21.6 Å². The van der Waals surface area contributed by atoms with Gasteiger partial charge in [-0.15, -0.1) is 0 Å². The van der Waals surface area contributed by atoms with Gasteiger partial charge in [0, 0.05) is 12.2 Å². The zero-order valence-corrected chi connectivity index (χ0v) is 18.0. The second-order valence-electron chi connectivity index (χ2n) is 7.23. The maximum atomic E-state index is 13.0. The van der Waals surface area contributed by atoms with E-state index in [0.717, 1.165) is 36.4 Å². The van der Waals surface area contributed by atoms with E-state index in [9.17, 15) is 30.8 Å². The summed E-state index contributed by atoms with van der Waals surface area (Å²) >= 11 is 0. The molecule has 3 aromatic carbocycles. The van der Waals surface area contributed by atoms with E-state index in [4.69, 9.17) is 0 Å². The van der Waals surface area contributed by atoms with Gasteiger partial charge in [-0.2, -0.15) is 13.2 Å². The molecule has 0 aliphatic rings. The third-order valence-electron chi connectivity index (χ3n) is 4.71. The fourth-order valence-electron chi connectivity index (χ4n) is 2.97. The summed E-state index contributed by atoms with van der Waals surface area (Å²) in [5.74, 6) is -0.822. The van der Waals surface area contributed by atoms with Crippen LogP contribution in [0.15, 0.2) is 77.7 Å². The Morgan fingerprint density at radius 2 is 1.39 bits per heavy atom. The van der Waals surface area contributed by atoms with Crippen LogP contribution in [0.2, 0.25) is 0 Å². The molecule has 0 heterocycles. The van der Waals surface area contributed by atoms with E-state index in [1.807, 2.05) is 0 Å². The molecule has 0 fully saturated rings. The van der Waals surface area contributed by atoms with Crippen molar-refractivity contribution in [3.8, 4) is 0 Å². The van der Waals surface area contributed by atoms with Crippen LogP contribution in [0.1, 0.15) is 16.7 Å². The lowest BCUT2D eigenvalue weighted by Gasteiger charge is -2.10. The fourth-order valence-corrected chi connectivity index (χ4v) is 4.03. The number of hydrogen-bond acceptors (Lipinski definition) is 3. The molecule has 0 saturated heterocycles. The minimum Gasteiger partial charge on any atom is -0.355 e. The van der Waals surface area contributed by atoms with Crippen LogP contribution in [-0.2, 0) is 33.8 Å². The van der Waals surface area contributed by atoms with Crippen LogP contribution >= 0.6 is 0 Å². The van der Waals surface area contributed by atoms with E-state index >= 15 is 0 Å². The molecule has 0 radical (unpaired) electrons. The Labute approximate surface area is 188 Å². The quantitative estimate of drug-likeness (QED) is 0.465. The molecule has 3 aromatic rings.